The lowest BCUT2D eigenvalue weighted by Crippen LogP contribution is -2.12. The standard InChI is InChI=1S/C16H15NO4/c1-9-3-5-11(6-4-9)15(19)17-12-7-10(2)14(18)13(8-12)16(20)21/h3-8,18H,1-2H3,(H,17,19)(H,20,21). The van der Waals surface area contributed by atoms with Crippen molar-refractivity contribution in [3.05, 3.63) is 58.7 Å². The summed E-state index contributed by atoms with van der Waals surface area (Å²) in [7, 11) is 0. The van der Waals surface area contributed by atoms with Crippen molar-refractivity contribution in [2.45, 2.75) is 13.8 Å². The Morgan fingerprint density at radius 1 is 1.05 bits per heavy atom. The van der Waals surface area contributed by atoms with Crippen molar-refractivity contribution in [1.82, 2.24) is 0 Å². The number of aromatic carboxylic acids is 1. The van der Waals surface area contributed by atoms with Crippen molar-refractivity contribution in [2.24, 2.45) is 0 Å². The molecule has 108 valence electrons. The lowest BCUT2D eigenvalue weighted by molar-refractivity contribution is 0.0693. The molecule has 3 N–H and O–H groups in total. The molecule has 21 heavy (non-hydrogen) atoms. The molecule has 0 atom stereocenters. The highest BCUT2D eigenvalue weighted by atomic mass is 16.4. The number of hydrogen-bond donors (Lipinski definition) is 3. The number of carboxylic acids is 1. The number of nitrogens with one attached hydrogen (secondary N) is 1. The second-order valence-corrected chi connectivity index (χ2v) is 4.81. The molecular formula is C16H15NO4. The van der Waals surface area contributed by atoms with Gasteiger partial charge in [0.15, 0.2) is 0 Å². The summed E-state index contributed by atoms with van der Waals surface area (Å²) in [5.74, 6) is -1.88. The Morgan fingerprint density at radius 2 is 1.67 bits per heavy atom. The SMILES string of the molecule is Cc1ccc(C(=O)Nc2cc(C)c(O)c(C(=O)O)c2)cc1. The van der Waals surface area contributed by atoms with Crippen LogP contribution in [0.4, 0.5) is 5.69 Å². The van der Waals surface area contributed by atoms with Gasteiger partial charge in [0.05, 0.1) is 0 Å². The van der Waals surface area contributed by atoms with Crippen LogP contribution in [0.25, 0.3) is 0 Å². The predicted molar refractivity (Wildman–Crippen MR) is 78.9 cm³/mol. The zero-order valence-corrected chi connectivity index (χ0v) is 11.7. The van der Waals surface area contributed by atoms with Gasteiger partial charge in [-0.3, -0.25) is 4.79 Å². The molecule has 0 aliphatic carbocycles. The van der Waals surface area contributed by atoms with Crippen LogP contribution in [0.1, 0.15) is 31.8 Å². The van der Waals surface area contributed by atoms with Gasteiger partial charge in [0.2, 0.25) is 0 Å². The molecule has 2 rings (SSSR count). The van der Waals surface area contributed by atoms with Gasteiger partial charge in [-0.25, -0.2) is 4.79 Å². The monoisotopic (exact) mass is 285 g/mol. The second kappa shape index (κ2) is 5.66. The van der Waals surface area contributed by atoms with E-state index in [2.05, 4.69) is 5.32 Å². The molecule has 0 aromatic heterocycles. The van der Waals surface area contributed by atoms with Crippen LogP contribution in [-0.4, -0.2) is 22.1 Å². The number of aromatic hydroxyl groups is 1. The maximum atomic E-state index is 12.1. The molecule has 5 heteroatoms. The van der Waals surface area contributed by atoms with Gasteiger partial charge in [-0.15, -0.1) is 0 Å². The smallest absolute Gasteiger partial charge is 0.339 e. The van der Waals surface area contributed by atoms with Crippen LogP contribution in [-0.2, 0) is 0 Å². The van der Waals surface area contributed by atoms with E-state index in [-0.39, 0.29) is 17.2 Å². The number of amides is 1. The van der Waals surface area contributed by atoms with Crippen LogP contribution < -0.4 is 5.32 Å². The summed E-state index contributed by atoms with van der Waals surface area (Å²) in [6.07, 6.45) is 0. The van der Waals surface area contributed by atoms with E-state index in [0.29, 0.717) is 16.8 Å². The third-order valence-corrected chi connectivity index (χ3v) is 3.10. The minimum absolute atomic E-state index is 0.241. The van der Waals surface area contributed by atoms with E-state index < -0.39 is 5.97 Å². The van der Waals surface area contributed by atoms with Gasteiger partial charge >= 0.3 is 5.97 Å². The molecular weight excluding hydrogens is 270 g/mol. The van der Waals surface area contributed by atoms with Crippen LogP contribution in [0.5, 0.6) is 5.75 Å². The summed E-state index contributed by atoms with van der Waals surface area (Å²) >= 11 is 0. The summed E-state index contributed by atoms with van der Waals surface area (Å²) in [6, 6.07) is 9.77. The molecule has 0 unspecified atom stereocenters. The fourth-order valence-corrected chi connectivity index (χ4v) is 1.92. The zero-order valence-electron chi connectivity index (χ0n) is 11.7. The first-order chi connectivity index (χ1) is 9.88. The van der Waals surface area contributed by atoms with Crippen molar-refractivity contribution in [3.63, 3.8) is 0 Å². The van der Waals surface area contributed by atoms with E-state index in [9.17, 15) is 14.7 Å². The van der Waals surface area contributed by atoms with E-state index in [1.807, 2.05) is 19.1 Å². The normalized spacial score (nSPS) is 10.2. The zero-order chi connectivity index (χ0) is 15.6. The molecule has 0 saturated heterocycles. The van der Waals surface area contributed by atoms with Gasteiger partial charge < -0.3 is 15.5 Å². The lowest BCUT2D eigenvalue weighted by atomic mass is 10.1. The Morgan fingerprint density at radius 3 is 2.24 bits per heavy atom. The van der Waals surface area contributed by atoms with E-state index in [1.165, 1.54) is 12.1 Å². The average Bonchev–Trinajstić information content (AvgIpc) is 2.43. The molecule has 2 aromatic carbocycles. The topological polar surface area (TPSA) is 86.6 Å². The highest BCUT2D eigenvalue weighted by Gasteiger charge is 2.15. The summed E-state index contributed by atoms with van der Waals surface area (Å²) in [6.45, 7) is 3.49. The molecule has 5 nitrogen and oxygen atoms in total. The van der Waals surface area contributed by atoms with Gasteiger partial charge in [-0.1, -0.05) is 17.7 Å². The number of aryl methyl sites for hydroxylation is 2. The molecule has 1 amide bonds. The minimum atomic E-state index is -1.25. The van der Waals surface area contributed by atoms with Crippen LogP contribution in [0.15, 0.2) is 36.4 Å². The number of hydrogen-bond acceptors (Lipinski definition) is 3. The maximum Gasteiger partial charge on any atom is 0.339 e. The fourth-order valence-electron chi connectivity index (χ4n) is 1.92. The molecule has 0 aliphatic heterocycles. The van der Waals surface area contributed by atoms with Crippen molar-refractivity contribution < 1.29 is 19.8 Å². The van der Waals surface area contributed by atoms with Gasteiger partial charge in [0.25, 0.3) is 5.91 Å². The van der Waals surface area contributed by atoms with Crippen LogP contribution in [0.2, 0.25) is 0 Å². The number of carbonyl (C=O) groups is 2. The van der Waals surface area contributed by atoms with Crippen molar-refractivity contribution >= 4 is 17.6 Å². The number of benzene rings is 2. The predicted octanol–water partition coefficient (Wildman–Crippen LogP) is 2.96. The highest BCUT2D eigenvalue weighted by molar-refractivity contribution is 6.05. The number of anilines is 1. The minimum Gasteiger partial charge on any atom is -0.507 e. The van der Waals surface area contributed by atoms with Crippen molar-refractivity contribution in [1.29, 1.82) is 0 Å². The van der Waals surface area contributed by atoms with Crippen LogP contribution in [0.3, 0.4) is 0 Å². The first-order valence-electron chi connectivity index (χ1n) is 6.33. The largest absolute Gasteiger partial charge is 0.507 e. The summed E-state index contributed by atoms with van der Waals surface area (Å²) in [4.78, 5) is 23.1. The molecule has 0 spiro atoms. The van der Waals surface area contributed by atoms with E-state index in [1.54, 1.807) is 19.1 Å². The number of carboxylic acid groups (broad SMARTS) is 1. The van der Waals surface area contributed by atoms with Gasteiger partial charge in [0, 0.05) is 11.3 Å². The van der Waals surface area contributed by atoms with E-state index in [0.717, 1.165) is 5.56 Å². The lowest BCUT2D eigenvalue weighted by Gasteiger charge is -2.10. The first-order valence-corrected chi connectivity index (χ1v) is 6.33. The van der Waals surface area contributed by atoms with Gasteiger partial charge in [0.1, 0.15) is 11.3 Å². The molecule has 0 saturated carbocycles. The Labute approximate surface area is 121 Å². The van der Waals surface area contributed by atoms with Crippen molar-refractivity contribution in [2.75, 3.05) is 5.32 Å². The number of carbonyl (C=O) groups excluding carboxylic acids is 1. The molecule has 0 radical (unpaired) electrons. The molecule has 2 aromatic rings. The quantitative estimate of drug-likeness (QED) is 0.757. The Kier molecular flexibility index (Phi) is 3.93. The number of rotatable bonds is 3. The summed E-state index contributed by atoms with van der Waals surface area (Å²) in [5, 5.41) is 21.3. The van der Waals surface area contributed by atoms with E-state index >= 15 is 0 Å². The van der Waals surface area contributed by atoms with Crippen molar-refractivity contribution in [3.8, 4) is 5.75 Å². The number of phenols is 1. The fraction of sp³-hybridized carbons (Fsp3) is 0.125. The molecule has 0 fully saturated rings. The summed E-state index contributed by atoms with van der Waals surface area (Å²) < 4.78 is 0. The van der Waals surface area contributed by atoms with Gasteiger partial charge in [-0.05, 0) is 43.7 Å². The van der Waals surface area contributed by atoms with Crippen LogP contribution >= 0.6 is 0 Å². The third kappa shape index (κ3) is 3.20. The average molecular weight is 285 g/mol. The van der Waals surface area contributed by atoms with Crippen LogP contribution in [0, 0.1) is 13.8 Å². The second-order valence-electron chi connectivity index (χ2n) is 4.81. The molecule has 0 bridgehead atoms. The third-order valence-electron chi connectivity index (χ3n) is 3.10. The Balaban J connectivity index is 2.29. The van der Waals surface area contributed by atoms with E-state index in [4.69, 9.17) is 5.11 Å². The summed E-state index contributed by atoms with van der Waals surface area (Å²) in [5.41, 5.74) is 1.99. The first kappa shape index (κ1) is 14.6. The van der Waals surface area contributed by atoms with Gasteiger partial charge in [-0.2, -0.15) is 0 Å². The highest BCUT2D eigenvalue weighted by Crippen LogP contribution is 2.26. The Hall–Kier alpha value is -2.82. The Bertz CT molecular complexity index is 705. The molecule has 0 aliphatic rings. The maximum absolute atomic E-state index is 12.1. The molecule has 0 heterocycles.